The van der Waals surface area contributed by atoms with Crippen LogP contribution in [0.1, 0.15) is 19.8 Å². The molecule has 0 aliphatic rings. The predicted octanol–water partition coefficient (Wildman–Crippen LogP) is 1.97. The molecule has 0 aliphatic carbocycles. The fourth-order valence-electron chi connectivity index (χ4n) is 1.09. The van der Waals surface area contributed by atoms with Crippen LogP contribution in [0.25, 0.3) is 0 Å². The van der Waals surface area contributed by atoms with Crippen LogP contribution in [0.2, 0.25) is 0 Å². The molecule has 4 heteroatoms. The van der Waals surface area contributed by atoms with E-state index >= 15 is 0 Å². The number of aliphatic hydroxyl groups excluding tert-OH is 1. The van der Waals surface area contributed by atoms with E-state index in [-0.39, 0.29) is 6.10 Å². The van der Waals surface area contributed by atoms with Crippen molar-refractivity contribution in [1.29, 1.82) is 0 Å². The van der Waals surface area contributed by atoms with Gasteiger partial charge in [0, 0.05) is 13.0 Å². The SMILES string of the molecule is C=C(C)C(O)CCC(CCl)OCCOC. The summed E-state index contributed by atoms with van der Waals surface area (Å²) in [6, 6.07) is 0. The van der Waals surface area contributed by atoms with Gasteiger partial charge in [0.1, 0.15) is 0 Å². The lowest BCUT2D eigenvalue weighted by molar-refractivity contribution is 0.0186. The van der Waals surface area contributed by atoms with Gasteiger partial charge in [-0.15, -0.1) is 11.6 Å². The highest BCUT2D eigenvalue weighted by Crippen LogP contribution is 2.11. The van der Waals surface area contributed by atoms with E-state index < -0.39 is 6.10 Å². The smallest absolute Gasteiger partial charge is 0.0745 e. The van der Waals surface area contributed by atoms with E-state index in [1.54, 1.807) is 7.11 Å². The molecule has 0 saturated heterocycles. The van der Waals surface area contributed by atoms with E-state index in [1.165, 1.54) is 0 Å². The van der Waals surface area contributed by atoms with Crippen LogP contribution in [0.4, 0.5) is 0 Å². The number of hydrogen-bond acceptors (Lipinski definition) is 3. The summed E-state index contributed by atoms with van der Waals surface area (Å²) in [6.07, 6.45) is 0.901. The fourth-order valence-corrected chi connectivity index (χ4v) is 1.34. The van der Waals surface area contributed by atoms with Crippen molar-refractivity contribution in [3.05, 3.63) is 12.2 Å². The summed E-state index contributed by atoms with van der Waals surface area (Å²) >= 11 is 5.74. The maximum absolute atomic E-state index is 9.52. The third-order valence-corrected chi connectivity index (χ3v) is 2.49. The second-order valence-electron chi connectivity index (χ2n) is 3.58. The Morgan fingerprint density at radius 1 is 1.40 bits per heavy atom. The van der Waals surface area contributed by atoms with Gasteiger partial charge in [0.05, 0.1) is 25.4 Å². The minimum atomic E-state index is -0.457. The summed E-state index contributed by atoms with van der Waals surface area (Å²) in [5.41, 5.74) is 0.778. The number of hydrogen-bond donors (Lipinski definition) is 1. The van der Waals surface area contributed by atoms with Gasteiger partial charge in [-0.3, -0.25) is 0 Å². The average Bonchev–Trinajstić information content (AvgIpc) is 2.22. The first-order valence-corrected chi connectivity index (χ1v) is 5.65. The second kappa shape index (κ2) is 9.16. The lowest BCUT2D eigenvalue weighted by atomic mass is 10.1. The largest absolute Gasteiger partial charge is 0.389 e. The first-order valence-electron chi connectivity index (χ1n) is 5.11. The van der Waals surface area contributed by atoms with Crippen LogP contribution in [0.15, 0.2) is 12.2 Å². The summed E-state index contributed by atoms with van der Waals surface area (Å²) < 4.78 is 10.3. The van der Waals surface area contributed by atoms with Gasteiger partial charge < -0.3 is 14.6 Å². The van der Waals surface area contributed by atoms with Gasteiger partial charge in [0.25, 0.3) is 0 Å². The number of aliphatic hydroxyl groups is 1. The van der Waals surface area contributed by atoms with Gasteiger partial charge in [-0.25, -0.2) is 0 Å². The van der Waals surface area contributed by atoms with Crippen molar-refractivity contribution in [3.63, 3.8) is 0 Å². The zero-order valence-corrected chi connectivity index (χ0v) is 10.3. The number of methoxy groups -OCH3 is 1. The van der Waals surface area contributed by atoms with E-state index in [0.29, 0.717) is 25.5 Å². The number of alkyl halides is 1. The number of ether oxygens (including phenoxy) is 2. The summed E-state index contributed by atoms with van der Waals surface area (Å²) in [4.78, 5) is 0. The summed E-state index contributed by atoms with van der Waals surface area (Å²) in [5.74, 6) is 0.437. The molecule has 0 amide bonds. The Balaban J connectivity index is 3.65. The second-order valence-corrected chi connectivity index (χ2v) is 3.89. The normalized spacial score (nSPS) is 14.9. The number of halogens is 1. The standard InChI is InChI=1S/C11H21ClO3/c1-9(2)11(13)5-4-10(8-12)15-7-6-14-3/h10-11,13H,1,4-8H2,2-3H3. The monoisotopic (exact) mass is 236 g/mol. The molecular weight excluding hydrogens is 216 g/mol. The fraction of sp³-hybridized carbons (Fsp3) is 0.818. The molecular formula is C11H21ClO3. The van der Waals surface area contributed by atoms with Crippen molar-refractivity contribution >= 4 is 11.6 Å². The Morgan fingerprint density at radius 3 is 2.53 bits per heavy atom. The Labute approximate surface area is 97.0 Å². The Bertz CT molecular complexity index is 173. The molecule has 90 valence electrons. The quantitative estimate of drug-likeness (QED) is 0.378. The minimum Gasteiger partial charge on any atom is -0.389 e. The van der Waals surface area contributed by atoms with Crippen LogP contribution in [-0.4, -0.2) is 43.5 Å². The molecule has 0 rings (SSSR count). The van der Waals surface area contributed by atoms with Gasteiger partial charge in [-0.05, 0) is 19.8 Å². The van der Waals surface area contributed by atoms with Crippen molar-refractivity contribution in [2.75, 3.05) is 26.2 Å². The molecule has 0 saturated carbocycles. The third-order valence-electron chi connectivity index (χ3n) is 2.14. The van der Waals surface area contributed by atoms with Crippen LogP contribution in [-0.2, 0) is 9.47 Å². The van der Waals surface area contributed by atoms with Gasteiger partial charge in [-0.2, -0.15) is 0 Å². The predicted molar refractivity (Wildman–Crippen MR) is 62.4 cm³/mol. The van der Waals surface area contributed by atoms with Crippen LogP contribution in [0, 0.1) is 0 Å². The molecule has 1 N–H and O–H groups in total. The van der Waals surface area contributed by atoms with Gasteiger partial charge in [-0.1, -0.05) is 12.2 Å². The molecule has 0 aromatic carbocycles. The molecule has 2 unspecified atom stereocenters. The van der Waals surface area contributed by atoms with E-state index in [2.05, 4.69) is 6.58 Å². The molecule has 0 aliphatic heterocycles. The minimum absolute atomic E-state index is 0.0178. The summed E-state index contributed by atoms with van der Waals surface area (Å²) in [6.45, 7) is 6.61. The lowest BCUT2D eigenvalue weighted by Crippen LogP contribution is -2.20. The molecule has 0 heterocycles. The zero-order chi connectivity index (χ0) is 11.7. The van der Waals surface area contributed by atoms with E-state index in [4.69, 9.17) is 21.1 Å². The lowest BCUT2D eigenvalue weighted by Gasteiger charge is -2.17. The summed E-state index contributed by atoms with van der Waals surface area (Å²) in [5, 5.41) is 9.52. The van der Waals surface area contributed by atoms with Gasteiger partial charge in [0.2, 0.25) is 0 Å². The zero-order valence-electron chi connectivity index (χ0n) is 9.54. The van der Waals surface area contributed by atoms with Gasteiger partial charge >= 0.3 is 0 Å². The molecule has 0 fully saturated rings. The first-order chi connectivity index (χ1) is 7.11. The maximum Gasteiger partial charge on any atom is 0.0745 e. The van der Waals surface area contributed by atoms with E-state index in [1.807, 2.05) is 6.92 Å². The van der Waals surface area contributed by atoms with Crippen LogP contribution in [0.3, 0.4) is 0 Å². The van der Waals surface area contributed by atoms with Crippen molar-refractivity contribution in [3.8, 4) is 0 Å². The molecule has 15 heavy (non-hydrogen) atoms. The highest BCUT2D eigenvalue weighted by molar-refractivity contribution is 6.18. The van der Waals surface area contributed by atoms with E-state index in [9.17, 15) is 5.11 Å². The molecule has 3 nitrogen and oxygen atoms in total. The molecule has 0 bridgehead atoms. The van der Waals surface area contributed by atoms with Crippen LogP contribution >= 0.6 is 11.6 Å². The van der Waals surface area contributed by atoms with Crippen LogP contribution in [0.5, 0.6) is 0 Å². The Kier molecular flexibility index (Phi) is 9.10. The molecule has 0 spiro atoms. The summed E-state index contributed by atoms with van der Waals surface area (Å²) in [7, 11) is 1.63. The van der Waals surface area contributed by atoms with Crippen molar-refractivity contribution in [2.45, 2.75) is 32.0 Å². The van der Waals surface area contributed by atoms with Crippen molar-refractivity contribution in [1.82, 2.24) is 0 Å². The molecule has 0 aromatic heterocycles. The molecule has 0 radical (unpaired) electrons. The van der Waals surface area contributed by atoms with Gasteiger partial charge in [0.15, 0.2) is 0 Å². The topological polar surface area (TPSA) is 38.7 Å². The first kappa shape index (κ1) is 14.9. The van der Waals surface area contributed by atoms with Crippen molar-refractivity contribution < 1.29 is 14.6 Å². The maximum atomic E-state index is 9.52. The average molecular weight is 237 g/mol. The highest BCUT2D eigenvalue weighted by Gasteiger charge is 2.11. The molecule has 0 aromatic rings. The molecule has 2 atom stereocenters. The van der Waals surface area contributed by atoms with Crippen LogP contribution < -0.4 is 0 Å². The highest BCUT2D eigenvalue weighted by atomic mass is 35.5. The Morgan fingerprint density at radius 2 is 2.07 bits per heavy atom. The number of rotatable bonds is 9. The Hall–Kier alpha value is -0.0900. The van der Waals surface area contributed by atoms with E-state index in [0.717, 1.165) is 12.0 Å². The third kappa shape index (κ3) is 7.79. The van der Waals surface area contributed by atoms with Crippen molar-refractivity contribution in [2.24, 2.45) is 0 Å².